The van der Waals surface area contributed by atoms with Gasteiger partial charge in [-0.05, 0) is 52.9 Å². The molecule has 116 valence electrons. The summed E-state index contributed by atoms with van der Waals surface area (Å²) in [5, 5.41) is 12.2. The standard InChI is InChI=1S/C14H15BrFN5O/c1-7(13-17-6-18-21-13)19-14(22)20-11-5-3-9-8(11)2-4-10(16)12(9)15/h2,4,6-7,11H,3,5H2,1H3,(H,17,18,21)(H2,19,20,22). The molecule has 2 unspecified atom stereocenters. The summed E-state index contributed by atoms with van der Waals surface area (Å²) in [6, 6.07) is 2.46. The van der Waals surface area contributed by atoms with E-state index in [9.17, 15) is 9.18 Å². The molecule has 22 heavy (non-hydrogen) atoms. The van der Waals surface area contributed by atoms with E-state index in [0.717, 1.165) is 24.0 Å². The van der Waals surface area contributed by atoms with Gasteiger partial charge in [0.1, 0.15) is 18.0 Å². The Bertz CT molecular complexity index is 691. The molecule has 3 N–H and O–H groups in total. The van der Waals surface area contributed by atoms with Crippen LogP contribution < -0.4 is 10.6 Å². The Morgan fingerprint density at radius 2 is 2.36 bits per heavy atom. The number of hydrogen-bond acceptors (Lipinski definition) is 3. The van der Waals surface area contributed by atoms with Gasteiger partial charge in [-0.25, -0.2) is 14.2 Å². The van der Waals surface area contributed by atoms with Gasteiger partial charge in [0.15, 0.2) is 0 Å². The first-order chi connectivity index (χ1) is 10.6. The predicted molar refractivity (Wildman–Crippen MR) is 81.6 cm³/mol. The first kappa shape index (κ1) is 15.0. The number of halogens is 2. The minimum Gasteiger partial charge on any atom is -0.331 e. The molecular weight excluding hydrogens is 353 g/mol. The van der Waals surface area contributed by atoms with Crippen molar-refractivity contribution >= 4 is 22.0 Å². The summed E-state index contributed by atoms with van der Waals surface area (Å²) < 4.78 is 14.0. The summed E-state index contributed by atoms with van der Waals surface area (Å²) in [6.45, 7) is 1.81. The van der Waals surface area contributed by atoms with E-state index in [-0.39, 0.29) is 23.9 Å². The third-order valence-electron chi connectivity index (χ3n) is 3.79. The normalized spacial score (nSPS) is 17.9. The SMILES string of the molecule is CC(NC(=O)NC1CCc2c1ccc(F)c2Br)c1ncn[nH]1. The zero-order chi connectivity index (χ0) is 15.7. The van der Waals surface area contributed by atoms with E-state index < -0.39 is 0 Å². The fourth-order valence-corrected chi connectivity index (χ4v) is 3.23. The van der Waals surface area contributed by atoms with Gasteiger partial charge in [0.05, 0.1) is 16.6 Å². The molecule has 3 rings (SSSR count). The molecule has 6 nitrogen and oxygen atoms in total. The molecule has 2 atom stereocenters. The average Bonchev–Trinajstić information content (AvgIpc) is 3.13. The average molecular weight is 368 g/mol. The van der Waals surface area contributed by atoms with Crippen LogP contribution in [0, 0.1) is 5.82 Å². The molecule has 1 aromatic heterocycles. The van der Waals surface area contributed by atoms with Gasteiger partial charge in [-0.1, -0.05) is 6.07 Å². The second-order valence-electron chi connectivity index (χ2n) is 5.23. The lowest BCUT2D eigenvalue weighted by Gasteiger charge is -2.17. The van der Waals surface area contributed by atoms with Gasteiger partial charge in [-0.3, -0.25) is 5.10 Å². The quantitative estimate of drug-likeness (QED) is 0.779. The Balaban J connectivity index is 1.66. The molecule has 0 saturated heterocycles. The molecule has 8 heteroatoms. The number of benzene rings is 1. The second-order valence-corrected chi connectivity index (χ2v) is 6.02. The summed E-state index contributed by atoms with van der Waals surface area (Å²) in [6.07, 6.45) is 2.88. The molecule has 2 aromatic rings. The van der Waals surface area contributed by atoms with Crippen LogP contribution in [0.1, 0.15) is 42.4 Å². The lowest BCUT2D eigenvalue weighted by atomic mass is 10.1. The predicted octanol–water partition coefficient (Wildman–Crippen LogP) is 2.75. The largest absolute Gasteiger partial charge is 0.331 e. The maximum atomic E-state index is 13.5. The van der Waals surface area contributed by atoms with Crippen molar-refractivity contribution in [3.8, 4) is 0 Å². The molecule has 0 fully saturated rings. The number of H-pyrrole nitrogens is 1. The Hall–Kier alpha value is -1.96. The van der Waals surface area contributed by atoms with Crippen LogP contribution in [0.2, 0.25) is 0 Å². The Morgan fingerprint density at radius 3 is 3.09 bits per heavy atom. The number of carbonyl (C=O) groups excluding carboxylic acids is 1. The fraction of sp³-hybridized carbons (Fsp3) is 0.357. The highest BCUT2D eigenvalue weighted by atomic mass is 79.9. The molecule has 0 spiro atoms. The number of nitrogens with one attached hydrogen (secondary N) is 3. The number of aromatic amines is 1. The zero-order valence-electron chi connectivity index (χ0n) is 11.9. The first-order valence-corrected chi connectivity index (χ1v) is 7.74. The van der Waals surface area contributed by atoms with Crippen molar-refractivity contribution in [3.63, 3.8) is 0 Å². The summed E-state index contributed by atoms with van der Waals surface area (Å²) in [4.78, 5) is 16.1. The van der Waals surface area contributed by atoms with Crippen LogP contribution in [-0.2, 0) is 6.42 Å². The maximum Gasteiger partial charge on any atom is 0.315 e. The maximum absolute atomic E-state index is 13.5. The highest BCUT2D eigenvalue weighted by Gasteiger charge is 2.27. The van der Waals surface area contributed by atoms with Crippen molar-refractivity contribution in [2.45, 2.75) is 31.8 Å². The monoisotopic (exact) mass is 367 g/mol. The number of fused-ring (bicyclic) bond motifs is 1. The van der Waals surface area contributed by atoms with Crippen LogP contribution in [0.25, 0.3) is 0 Å². The van der Waals surface area contributed by atoms with Crippen LogP contribution in [0.15, 0.2) is 22.9 Å². The highest BCUT2D eigenvalue weighted by Crippen LogP contribution is 2.36. The first-order valence-electron chi connectivity index (χ1n) is 6.95. The van der Waals surface area contributed by atoms with Crippen molar-refractivity contribution in [2.24, 2.45) is 0 Å². The number of carbonyl (C=O) groups is 1. The minimum atomic E-state index is -0.290. The van der Waals surface area contributed by atoms with Crippen molar-refractivity contribution in [2.75, 3.05) is 0 Å². The molecule has 1 aliphatic rings. The Kier molecular flexibility index (Phi) is 4.10. The fourth-order valence-electron chi connectivity index (χ4n) is 2.67. The lowest BCUT2D eigenvalue weighted by Crippen LogP contribution is -2.39. The number of aromatic nitrogens is 3. The van der Waals surface area contributed by atoms with E-state index >= 15 is 0 Å². The number of urea groups is 1. The Morgan fingerprint density at radius 1 is 1.55 bits per heavy atom. The molecular formula is C14H15BrFN5O. The minimum absolute atomic E-state index is 0.117. The van der Waals surface area contributed by atoms with Crippen LogP contribution in [-0.4, -0.2) is 21.2 Å². The van der Waals surface area contributed by atoms with E-state index in [1.54, 1.807) is 6.07 Å². The third-order valence-corrected chi connectivity index (χ3v) is 4.64. The van der Waals surface area contributed by atoms with Crippen molar-refractivity contribution in [3.05, 3.63) is 45.7 Å². The van der Waals surface area contributed by atoms with Gasteiger partial charge >= 0.3 is 6.03 Å². The number of hydrogen-bond donors (Lipinski definition) is 3. The third kappa shape index (κ3) is 2.83. The highest BCUT2D eigenvalue weighted by molar-refractivity contribution is 9.10. The molecule has 0 saturated carbocycles. The van der Waals surface area contributed by atoms with Gasteiger partial charge in [-0.15, -0.1) is 0 Å². The van der Waals surface area contributed by atoms with Crippen LogP contribution in [0.4, 0.5) is 9.18 Å². The lowest BCUT2D eigenvalue weighted by molar-refractivity contribution is 0.233. The molecule has 2 amide bonds. The molecule has 0 aliphatic heterocycles. The van der Waals surface area contributed by atoms with E-state index in [1.165, 1.54) is 12.4 Å². The molecule has 1 heterocycles. The molecule has 0 bridgehead atoms. The van der Waals surface area contributed by atoms with Gasteiger partial charge in [0, 0.05) is 0 Å². The number of rotatable bonds is 3. The van der Waals surface area contributed by atoms with E-state index in [2.05, 4.69) is 41.7 Å². The van der Waals surface area contributed by atoms with Crippen molar-refractivity contribution in [1.29, 1.82) is 0 Å². The Labute approximate surface area is 135 Å². The summed E-state index contributed by atoms with van der Waals surface area (Å²) >= 11 is 3.27. The van der Waals surface area contributed by atoms with Crippen LogP contribution >= 0.6 is 15.9 Å². The van der Waals surface area contributed by atoms with Crippen LogP contribution in [0.3, 0.4) is 0 Å². The van der Waals surface area contributed by atoms with Gasteiger partial charge in [-0.2, -0.15) is 5.10 Å². The molecule has 1 aromatic carbocycles. The van der Waals surface area contributed by atoms with Gasteiger partial charge in [0.25, 0.3) is 0 Å². The van der Waals surface area contributed by atoms with E-state index in [0.29, 0.717) is 10.3 Å². The summed E-state index contributed by atoms with van der Waals surface area (Å²) in [7, 11) is 0. The zero-order valence-corrected chi connectivity index (χ0v) is 13.4. The van der Waals surface area contributed by atoms with Gasteiger partial charge in [0.2, 0.25) is 0 Å². The topological polar surface area (TPSA) is 82.7 Å². The van der Waals surface area contributed by atoms with E-state index in [1.807, 2.05) is 6.92 Å². The smallest absolute Gasteiger partial charge is 0.315 e. The molecule has 1 aliphatic carbocycles. The number of amides is 2. The van der Waals surface area contributed by atoms with E-state index in [4.69, 9.17) is 0 Å². The van der Waals surface area contributed by atoms with Gasteiger partial charge < -0.3 is 10.6 Å². The molecule has 0 radical (unpaired) electrons. The second kappa shape index (κ2) is 6.04. The van der Waals surface area contributed by atoms with Crippen LogP contribution in [0.5, 0.6) is 0 Å². The van der Waals surface area contributed by atoms with Crippen molar-refractivity contribution < 1.29 is 9.18 Å². The summed E-state index contributed by atoms with van der Waals surface area (Å²) in [5.74, 6) is 0.314. The summed E-state index contributed by atoms with van der Waals surface area (Å²) in [5.41, 5.74) is 1.88. The van der Waals surface area contributed by atoms with Crippen molar-refractivity contribution in [1.82, 2.24) is 25.8 Å². The number of nitrogens with zero attached hydrogens (tertiary/aromatic N) is 2.